The van der Waals surface area contributed by atoms with Crippen molar-refractivity contribution in [2.45, 2.75) is 31.6 Å². The second kappa shape index (κ2) is 10.5. The van der Waals surface area contributed by atoms with Gasteiger partial charge in [-0.05, 0) is 31.5 Å². The predicted octanol–water partition coefficient (Wildman–Crippen LogP) is 1.97. The molecule has 0 amide bonds. The van der Waals surface area contributed by atoms with Gasteiger partial charge >= 0.3 is 0 Å². The average molecular weight is 361 g/mol. The summed E-state index contributed by atoms with van der Waals surface area (Å²) in [6, 6.07) is 6.18. The molecule has 0 aliphatic rings. The third-order valence-corrected chi connectivity index (χ3v) is 4.64. The molecule has 3 N–H and O–H groups in total. The summed E-state index contributed by atoms with van der Waals surface area (Å²) in [7, 11) is -3.55. The highest BCUT2D eigenvalue weighted by atomic mass is 35.5. The lowest BCUT2D eigenvalue weighted by molar-refractivity contribution is 0.580. The van der Waals surface area contributed by atoms with Gasteiger partial charge in [-0.25, -0.2) is 13.1 Å². The molecule has 0 aromatic heterocycles. The van der Waals surface area contributed by atoms with Gasteiger partial charge in [-0.1, -0.05) is 31.0 Å². The van der Waals surface area contributed by atoms with Crippen LogP contribution < -0.4 is 15.4 Å². The summed E-state index contributed by atoms with van der Waals surface area (Å²) in [5.74, 6) is 0.697. The Hall–Kier alpha value is -1.31. The minimum Gasteiger partial charge on any atom is -0.357 e. The predicted molar refractivity (Wildman–Crippen MR) is 95.5 cm³/mol. The van der Waals surface area contributed by atoms with Gasteiger partial charge in [-0.3, -0.25) is 4.99 Å². The van der Waals surface area contributed by atoms with Crippen molar-refractivity contribution in [3.63, 3.8) is 0 Å². The van der Waals surface area contributed by atoms with Crippen molar-refractivity contribution in [3.8, 4) is 0 Å². The smallest absolute Gasteiger partial charge is 0.240 e. The normalized spacial score (nSPS) is 12.2. The van der Waals surface area contributed by atoms with Crippen LogP contribution in [0.2, 0.25) is 5.02 Å². The van der Waals surface area contributed by atoms with E-state index in [2.05, 4.69) is 27.3 Å². The summed E-state index contributed by atoms with van der Waals surface area (Å²) in [5, 5.41) is 6.62. The lowest BCUT2D eigenvalue weighted by atomic mass is 10.3. The molecule has 0 bridgehead atoms. The van der Waals surface area contributed by atoms with Gasteiger partial charge < -0.3 is 10.6 Å². The van der Waals surface area contributed by atoms with E-state index in [9.17, 15) is 8.42 Å². The molecule has 0 aliphatic heterocycles. The average Bonchev–Trinajstić information content (AvgIpc) is 2.51. The number of halogens is 1. The van der Waals surface area contributed by atoms with Crippen LogP contribution in [0.15, 0.2) is 34.2 Å². The van der Waals surface area contributed by atoms with E-state index >= 15 is 0 Å². The molecular formula is C15H25ClN4O2S. The fourth-order valence-electron chi connectivity index (χ4n) is 1.77. The number of unbranched alkanes of at least 4 members (excludes halogenated alkanes) is 1. The Labute approximate surface area is 143 Å². The van der Waals surface area contributed by atoms with Crippen LogP contribution >= 0.6 is 11.6 Å². The molecule has 23 heavy (non-hydrogen) atoms. The second-order valence-electron chi connectivity index (χ2n) is 4.90. The SMILES string of the molecule is CCCCN=C(NCC)NCCNS(=O)(=O)c1cccc(Cl)c1. The number of hydrogen-bond donors (Lipinski definition) is 3. The van der Waals surface area contributed by atoms with Gasteiger partial charge in [0.05, 0.1) is 4.90 Å². The van der Waals surface area contributed by atoms with Gasteiger partial charge in [0.1, 0.15) is 0 Å². The highest BCUT2D eigenvalue weighted by Gasteiger charge is 2.13. The number of hydrogen-bond acceptors (Lipinski definition) is 3. The Balaban J connectivity index is 2.47. The van der Waals surface area contributed by atoms with E-state index in [1.165, 1.54) is 12.1 Å². The van der Waals surface area contributed by atoms with Gasteiger partial charge in [0.2, 0.25) is 10.0 Å². The monoisotopic (exact) mass is 360 g/mol. The van der Waals surface area contributed by atoms with Crippen molar-refractivity contribution in [1.82, 2.24) is 15.4 Å². The fraction of sp³-hybridized carbons (Fsp3) is 0.533. The molecule has 130 valence electrons. The zero-order chi connectivity index (χ0) is 17.1. The van der Waals surface area contributed by atoms with Crippen LogP contribution in [0, 0.1) is 0 Å². The largest absolute Gasteiger partial charge is 0.357 e. The first kappa shape index (κ1) is 19.7. The summed E-state index contributed by atoms with van der Waals surface area (Å²) in [4.78, 5) is 4.57. The van der Waals surface area contributed by atoms with Gasteiger partial charge in [-0.15, -0.1) is 0 Å². The quantitative estimate of drug-likeness (QED) is 0.357. The lowest BCUT2D eigenvalue weighted by Gasteiger charge is -2.12. The van der Waals surface area contributed by atoms with E-state index in [1.54, 1.807) is 12.1 Å². The summed E-state index contributed by atoms with van der Waals surface area (Å²) in [6.07, 6.45) is 2.11. The van der Waals surface area contributed by atoms with Crippen LogP contribution in [-0.4, -0.2) is 40.6 Å². The van der Waals surface area contributed by atoms with Crippen molar-refractivity contribution in [2.75, 3.05) is 26.2 Å². The summed E-state index contributed by atoms with van der Waals surface area (Å²) >= 11 is 5.82. The summed E-state index contributed by atoms with van der Waals surface area (Å²) in [5.41, 5.74) is 0. The molecule has 1 rings (SSSR count). The number of rotatable bonds is 9. The number of sulfonamides is 1. The third-order valence-electron chi connectivity index (χ3n) is 2.94. The minimum absolute atomic E-state index is 0.161. The van der Waals surface area contributed by atoms with E-state index in [4.69, 9.17) is 11.6 Å². The Morgan fingerprint density at radius 1 is 1.22 bits per heavy atom. The zero-order valence-electron chi connectivity index (χ0n) is 13.6. The van der Waals surface area contributed by atoms with Crippen LogP contribution in [0.3, 0.4) is 0 Å². The van der Waals surface area contributed by atoms with E-state index < -0.39 is 10.0 Å². The van der Waals surface area contributed by atoms with Crippen molar-refractivity contribution in [1.29, 1.82) is 0 Å². The maximum absolute atomic E-state index is 12.1. The standard InChI is InChI=1S/C15H25ClN4O2S/c1-3-5-9-18-15(17-4-2)19-10-11-20-23(21,22)14-8-6-7-13(16)12-14/h6-8,12,20H,3-5,9-11H2,1-2H3,(H2,17,18,19). The fourth-order valence-corrected chi connectivity index (χ4v) is 3.11. The third kappa shape index (κ3) is 7.67. The number of nitrogens with one attached hydrogen (secondary N) is 3. The van der Waals surface area contributed by atoms with Crippen LogP contribution in [-0.2, 0) is 10.0 Å². The molecule has 0 unspecified atom stereocenters. The zero-order valence-corrected chi connectivity index (χ0v) is 15.2. The lowest BCUT2D eigenvalue weighted by Crippen LogP contribution is -2.41. The molecule has 8 heteroatoms. The number of aliphatic imine (C=N–C) groups is 1. The molecule has 0 aliphatic carbocycles. The molecule has 1 aromatic carbocycles. The van der Waals surface area contributed by atoms with Crippen LogP contribution in [0.25, 0.3) is 0 Å². The first-order chi connectivity index (χ1) is 11.0. The van der Waals surface area contributed by atoms with Gasteiger partial charge in [0, 0.05) is 31.2 Å². The van der Waals surface area contributed by atoms with E-state index in [1.807, 2.05) is 6.92 Å². The Morgan fingerprint density at radius 3 is 2.65 bits per heavy atom. The molecule has 0 heterocycles. The van der Waals surface area contributed by atoms with Crippen molar-refractivity contribution >= 4 is 27.6 Å². The minimum atomic E-state index is -3.55. The maximum Gasteiger partial charge on any atom is 0.240 e. The van der Waals surface area contributed by atoms with Crippen molar-refractivity contribution in [2.24, 2.45) is 4.99 Å². The van der Waals surface area contributed by atoms with Crippen molar-refractivity contribution in [3.05, 3.63) is 29.3 Å². The van der Waals surface area contributed by atoms with E-state index in [-0.39, 0.29) is 11.4 Å². The summed E-state index contributed by atoms with van der Waals surface area (Å²) in [6.45, 7) is 6.30. The number of guanidine groups is 1. The second-order valence-corrected chi connectivity index (χ2v) is 7.10. The van der Waals surface area contributed by atoms with Crippen molar-refractivity contribution < 1.29 is 8.42 Å². The van der Waals surface area contributed by atoms with E-state index in [0.717, 1.165) is 25.9 Å². The molecule has 0 atom stereocenters. The van der Waals surface area contributed by atoms with Crippen LogP contribution in [0.4, 0.5) is 0 Å². The molecule has 1 aromatic rings. The Bertz CT molecular complexity index is 605. The molecular weight excluding hydrogens is 336 g/mol. The molecule has 0 saturated heterocycles. The van der Waals surface area contributed by atoms with Gasteiger partial charge in [0.25, 0.3) is 0 Å². The summed E-state index contributed by atoms with van der Waals surface area (Å²) < 4.78 is 26.8. The topological polar surface area (TPSA) is 82.6 Å². The Kier molecular flexibility index (Phi) is 8.98. The molecule has 0 radical (unpaired) electrons. The van der Waals surface area contributed by atoms with Gasteiger partial charge in [-0.2, -0.15) is 0 Å². The molecule has 0 spiro atoms. The number of nitrogens with zero attached hydrogens (tertiary/aromatic N) is 1. The molecule has 0 saturated carbocycles. The highest BCUT2D eigenvalue weighted by Crippen LogP contribution is 2.14. The first-order valence-electron chi connectivity index (χ1n) is 7.77. The molecule has 0 fully saturated rings. The Morgan fingerprint density at radius 2 is 2.00 bits per heavy atom. The van der Waals surface area contributed by atoms with Gasteiger partial charge in [0.15, 0.2) is 5.96 Å². The maximum atomic E-state index is 12.1. The molecule has 6 nitrogen and oxygen atoms in total. The van der Waals surface area contributed by atoms with Crippen LogP contribution in [0.5, 0.6) is 0 Å². The van der Waals surface area contributed by atoms with Crippen LogP contribution in [0.1, 0.15) is 26.7 Å². The first-order valence-corrected chi connectivity index (χ1v) is 9.63. The highest BCUT2D eigenvalue weighted by molar-refractivity contribution is 7.89. The number of benzene rings is 1. The van der Waals surface area contributed by atoms with E-state index in [0.29, 0.717) is 17.5 Å².